The maximum atomic E-state index is 11.7. The Labute approximate surface area is 188 Å². The summed E-state index contributed by atoms with van der Waals surface area (Å²) in [5, 5.41) is 0. The van der Waals surface area contributed by atoms with Crippen LogP contribution in [0.4, 0.5) is 5.69 Å². The van der Waals surface area contributed by atoms with Gasteiger partial charge >= 0.3 is 0 Å². The average molecular weight is 482 g/mol. The van der Waals surface area contributed by atoms with Crippen LogP contribution >= 0.6 is 12.4 Å². The molecule has 0 bridgehead atoms. The van der Waals surface area contributed by atoms with Crippen LogP contribution in [-0.2, 0) is 26.5 Å². The fourth-order valence-electron chi connectivity index (χ4n) is 3.93. The summed E-state index contributed by atoms with van der Waals surface area (Å²) >= 11 is 0. The van der Waals surface area contributed by atoms with E-state index in [0.717, 1.165) is 45.0 Å². The fourth-order valence-corrected chi connectivity index (χ4v) is 5.37. The number of hydrogen-bond donors (Lipinski definition) is 1. The van der Waals surface area contributed by atoms with Crippen LogP contribution in [0.1, 0.15) is 38.7 Å². The largest absolute Gasteiger partial charge is 0.300 e. The minimum Gasteiger partial charge on any atom is -0.300 e. The maximum absolute atomic E-state index is 11.7. The van der Waals surface area contributed by atoms with Gasteiger partial charge in [0.1, 0.15) is 0 Å². The Bertz CT molecular complexity index is 853. The molecule has 1 unspecified atom stereocenters. The number of anilines is 1. The summed E-state index contributed by atoms with van der Waals surface area (Å²) < 4.78 is 50.2. The summed E-state index contributed by atoms with van der Waals surface area (Å²) in [6.45, 7) is 7.64. The molecule has 0 saturated carbocycles. The number of nitrogens with one attached hydrogen (secondary N) is 1. The Morgan fingerprint density at radius 3 is 2.13 bits per heavy atom. The molecule has 0 spiro atoms. The highest BCUT2D eigenvalue weighted by atomic mass is 35.5. The molecule has 30 heavy (non-hydrogen) atoms. The number of sulfonamides is 2. The van der Waals surface area contributed by atoms with Crippen molar-refractivity contribution in [2.24, 2.45) is 5.92 Å². The van der Waals surface area contributed by atoms with Gasteiger partial charge in [0.15, 0.2) is 0 Å². The van der Waals surface area contributed by atoms with Gasteiger partial charge in [0.25, 0.3) is 0 Å². The Hall–Kier alpha value is -0.870. The quantitative estimate of drug-likeness (QED) is 0.555. The van der Waals surface area contributed by atoms with Crippen molar-refractivity contribution in [3.05, 3.63) is 29.8 Å². The predicted octanol–water partition coefficient (Wildman–Crippen LogP) is 2.79. The lowest BCUT2D eigenvalue weighted by molar-refractivity contribution is 0.146. The van der Waals surface area contributed by atoms with E-state index in [-0.39, 0.29) is 12.4 Å². The van der Waals surface area contributed by atoms with Crippen LogP contribution in [-0.4, -0.2) is 70.8 Å². The zero-order valence-corrected chi connectivity index (χ0v) is 20.8. The minimum atomic E-state index is -3.26. The predicted molar refractivity (Wildman–Crippen MR) is 126 cm³/mol. The highest BCUT2D eigenvalue weighted by Gasteiger charge is 2.27. The second-order valence-corrected chi connectivity index (χ2v) is 12.0. The maximum Gasteiger partial charge on any atom is 0.229 e. The Kier molecular flexibility index (Phi) is 10.6. The number of hydrogen-bond acceptors (Lipinski definition) is 5. The first-order chi connectivity index (χ1) is 13.5. The Morgan fingerprint density at radius 2 is 1.67 bits per heavy atom. The monoisotopic (exact) mass is 481 g/mol. The normalized spacial score (nSPS) is 17.5. The molecule has 10 heteroatoms. The van der Waals surface area contributed by atoms with Crippen molar-refractivity contribution in [1.82, 2.24) is 9.21 Å². The van der Waals surface area contributed by atoms with Crippen molar-refractivity contribution in [2.45, 2.75) is 45.6 Å². The molecule has 1 aromatic carbocycles. The van der Waals surface area contributed by atoms with Crippen LogP contribution in [0.3, 0.4) is 0 Å². The van der Waals surface area contributed by atoms with Gasteiger partial charge in [-0.1, -0.05) is 19.1 Å². The molecule has 1 atom stereocenters. The summed E-state index contributed by atoms with van der Waals surface area (Å²) in [5.74, 6) is 0.517. The molecule has 1 saturated heterocycles. The fraction of sp³-hybridized carbons (Fsp3) is 0.700. The molecule has 1 aromatic rings. The number of benzene rings is 1. The van der Waals surface area contributed by atoms with E-state index in [4.69, 9.17) is 0 Å². The molecule has 0 amide bonds. The molecule has 0 aliphatic carbocycles. The first kappa shape index (κ1) is 27.2. The standard InChI is InChI=1S/C20H35N3O4S2.ClH/c1-5-12-22(16-19-10-13-23(14-11-19)29(4,26)27)17(2)15-18-6-8-20(9-7-18)21-28(3,24)25;/h6-9,17,19,21H,5,10-16H2,1-4H3;1H. The summed E-state index contributed by atoms with van der Waals surface area (Å²) in [4.78, 5) is 2.50. The lowest BCUT2D eigenvalue weighted by Gasteiger charge is -2.36. The highest BCUT2D eigenvalue weighted by molar-refractivity contribution is 7.92. The van der Waals surface area contributed by atoms with Crippen molar-refractivity contribution < 1.29 is 16.8 Å². The third-order valence-electron chi connectivity index (χ3n) is 5.46. The topological polar surface area (TPSA) is 86.8 Å². The van der Waals surface area contributed by atoms with Gasteiger partial charge in [0.05, 0.1) is 12.5 Å². The van der Waals surface area contributed by atoms with Gasteiger partial charge in [0, 0.05) is 31.4 Å². The van der Waals surface area contributed by atoms with E-state index in [1.165, 1.54) is 11.8 Å². The molecule has 1 heterocycles. The minimum absolute atomic E-state index is 0. The van der Waals surface area contributed by atoms with Crippen LogP contribution in [0.2, 0.25) is 0 Å². The molecule has 2 rings (SSSR count). The van der Waals surface area contributed by atoms with Crippen molar-refractivity contribution >= 4 is 38.1 Å². The van der Waals surface area contributed by atoms with Crippen molar-refractivity contribution in [3.8, 4) is 0 Å². The number of piperidine rings is 1. The lowest BCUT2D eigenvalue weighted by Crippen LogP contribution is -2.44. The van der Waals surface area contributed by atoms with Crippen LogP contribution in [0.25, 0.3) is 0 Å². The Morgan fingerprint density at radius 1 is 1.10 bits per heavy atom. The van der Waals surface area contributed by atoms with Crippen molar-refractivity contribution in [3.63, 3.8) is 0 Å². The number of rotatable bonds is 10. The summed E-state index contributed by atoms with van der Waals surface area (Å²) in [6, 6.07) is 7.90. The van der Waals surface area contributed by atoms with E-state index >= 15 is 0 Å². The molecule has 174 valence electrons. The van der Waals surface area contributed by atoms with Gasteiger partial charge in [-0.3, -0.25) is 4.72 Å². The van der Waals surface area contributed by atoms with E-state index < -0.39 is 20.0 Å². The molecular formula is C20H36ClN3O4S2. The van der Waals surface area contributed by atoms with Crippen LogP contribution in [0, 0.1) is 5.92 Å². The van der Waals surface area contributed by atoms with Gasteiger partial charge in [0.2, 0.25) is 20.0 Å². The van der Waals surface area contributed by atoms with E-state index in [0.29, 0.717) is 30.7 Å². The summed E-state index contributed by atoms with van der Waals surface area (Å²) in [6.07, 6.45) is 6.21. The number of halogens is 1. The van der Waals surface area contributed by atoms with E-state index in [2.05, 4.69) is 23.5 Å². The van der Waals surface area contributed by atoms with Crippen molar-refractivity contribution in [2.75, 3.05) is 43.4 Å². The molecule has 0 radical (unpaired) electrons. The van der Waals surface area contributed by atoms with Crippen molar-refractivity contribution in [1.29, 1.82) is 0 Å². The van der Waals surface area contributed by atoms with E-state index in [9.17, 15) is 16.8 Å². The van der Waals surface area contributed by atoms with Crippen LogP contribution in [0.15, 0.2) is 24.3 Å². The molecule has 1 N–H and O–H groups in total. The molecule has 1 aliphatic rings. The SMILES string of the molecule is CCCN(CC1CCN(S(C)(=O)=O)CC1)C(C)Cc1ccc(NS(C)(=O)=O)cc1.Cl. The molecule has 0 aromatic heterocycles. The Balaban J connectivity index is 0.00000450. The molecule has 7 nitrogen and oxygen atoms in total. The average Bonchev–Trinajstić information content (AvgIpc) is 2.61. The molecule has 1 aliphatic heterocycles. The molecule has 1 fully saturated rings. The van der Waals surface area contributed by atoms with Gasteiger partial charge in [-0.25, -0.2) is 21.1 Å². The van der Waals surface area contributed by atoms with Crippen LogP contribution < -0.4 is 4.72 Å². The highest BCUT2D eigenvalue weighted by Crippen LogP contribution is 2.22. The second-order valence-electron chi connectivity index (χ2n) is 8.22. The van der Waals surface area contributed by atoms with E-state index in [1.54, 1.807) is 16.4 Å². The summed E-state index contributed by atoms with van der Waals surface area (Å²) in [5.41, 5.74) is 1.75. The molecular weight excluding hydrogens is 446 g/mol. The first-order valence-electron chi connectivity index (χ1n) is 10.2. The van der Waals surface area contributed by atoms with Gasteiger partial charge in [-0.2, -0.15) is 0 Å². The van der Waals surface area contributed by atoms with Gasteiger partial charge < -0.3 is 4.90 Å². The third kappa shape index (κ3) is 9.09. The first-order valence-corrected chi connectivity index (χ1v) is 14.0. The second kappa shape index (κ2) is 11.7. The lowest BCUT2D eigenvalue weighted by atomic mass is 9.96. The zero-order valence-electron chi connectivity index (χ0n) is 18.4. The third-order valence-corrected chi connectivity index (χ3v) is 7.37. The van der Waals surface area contributed by atoms with Gasteiger partial charge in [-0.15, -0.1) is 12.4 Å². The summed E-state index contributed by atoms with van der Waals surface area (Å²) in [7, 11) is -6.35. The number of nitrogens with zero attached hydrogens (tertiary/aromatic N) is 2. The zero-order chi connectivity index (χ0) is 21.7. The van der Waals surface area contributed by atoms with Gasteiger partial charge in [-0.05, 0) is 62.8 Å². The van der Waals surface area contributed by atoms with E-state index in [1.807, 2.05) is 12.1 Å². The van der Waals surface area contributed by atoms with Crippen LogP contribution in [0.5, 0.6) is 0 Å². The smallest absolute Gasteiger partial charge is 0.229 e.